The van der Waals surface area contributed by atoms with Gasteiger partial charge in [-0.1, -0.05) is 55.4 Å². The first-order valence-corrected chi connectivity index (χ1v) is 7.89. The van der Waals surface area contributed by atoms with Crippen LogP contribution in [-0.4, -0.2) is 6.18 Å². The van der Waals surface area contributed by atoms with Gasteiger partial charge in [-0.25, -0.2) is 0 Å². The van der Waals surface area contributed by atoms with Gasteiger partial charge in [-0.3, -0.25) is 0 Å². The van der Waals surface area contributed by atoms with E-state index in [0.717, 1.165) is 17.6 Å². The minimum Gasteiger partial charge on any atom is -0.166 e. The van der Waals surface area contributed by atoms with Crippen molar-refractivity contribution in [2.24, 2.45) is 5.92 Å². The fourth-order valence-electron chi connectivity index (χ4n) is 2.08. The zero-order valence-electron chi connectivity index (χ0n) is 15.4. The highest BCUT2D eigenvalue weighted by Crippen LogP contribution is 2.35. The molecule has 0 bridgehead atoms. The molecule has 0 spiro atoms. The lowest BCUT2D eigenvalue weighted by Crippen LogP contribution is -2.14. The zero-order valence-corrected chi connectivity index (χ0v) is 15.4. The van der Waals surface area contributed by atoms with Gasteiger partial charge in [-0.15, -0.1) is 0 Å². The summed E-state index contributed by atoms with van der Waals surface area (Å²) in [7, 11) is 0. The summed E-state index contributed by atoms with van der Waals surface area (Å²) < 4.78 is 40.6. The van der Waals surface area contributed by atoms with Gasteiger partial charge in [0.25, 0.3) is 0 Å². The first-order valence-electron chi connectivity index (χ1n) is 7.89. The average molecular weight is 326 g/mol. The Morgan fingerprint density at radius 1 is 1.04 bits per heavy atom. The van der Waals surface area contributed by atoms with Gasteiger partial charge in [0.05, 0.1) is 5.57 Å². The standard InChI is InChI=1S/C20H29F3/c1-9-15(6)16(7)12-19(20(21,22)23)17(8)18(14(4)5)11-10-13(2)3/h10-12,15H,4,9H2,1-3,5-8H3/b16-12-,18-11+,19-17-. The molecule has 0 aliphatic rings. The molecule has 0 N–H and O–H groups in total. The molecule has 0 heterocycles. The van der Waals surface area contributed by atoms with Gasteiger partial charge in [0, 0.05) is 0 Å². The monoisotopic (exact) mass is 326 g/mol. The number of hydrogen-bond donors (Lipinski definition) is 0. The lowest BCUT2D eigenvalue weighted by molar-refractivity contribution is -0.0889. The normalized spacial score (nSPS) is 15.9. The van der Waals surface area contributed by atoms with Crippen LogP contribution in [0.3, 0.4) is 0 Å². The van der Waals surface area contributed by atoms with Crippen LogP contribution in [0.25, 0.3) is 0 Å². The van der Waals surface area contributed by atoms with Gasteiger partial charge in [-0.2, -0.15) is 13.2 Å². The Morgan fingerprint density at radius 3 is 1.91 bits per heavy atom. The second kappa shape index (κ2) is 8.95. The summed E-state index contributed by atoms with van der Waals surface area (Å²) in [6, 6.07) is 0. The molecule has 0 aromatic heterocycles. The predicted octanol–water partition coefficient (Wildman–Crippen LogP) is 7.33. The number of hydrogen-bond acceptors (Lipinski definition) is 0. The van der Waals surface area contributed by atoms with E-state index < -0.39 is 11.7 Å². The maximum Gasteiger partial charge on any atom is 0.416 e. The highest BCUT2D eigenvalue weighted by Gasteiger charge is 2.34. The van der Waals surface area contributed by atoms with Gasteiger partial charge in [-0.05, 0) is 58.1 Å². The Kier molecular flexibility index (Phi) is 8.36. The summed E-state index contributed by atoms with van der Waals surface area (Å²) in [5.41, 5.74) is 2.54. The van der Waals surface area contributed by atoms with Crippen LogP contribution >= 0.6 is 0 Å². The van der Waals surface area contributed by atoms with E-state index in [1.807, 2.05) is 33.8 Å². The van der Waals surface area contributed by atoms with Crippen LogP contribution in [0.4, 0.5) is 13.2 Å². The minimum atomic E-state index is -4.39. The molecule has 0 rings (SSSR count). The van der Waals surface area contributed by atoms with Crippen molar-refractivity contribution in [3.05, 3.63) is 58.2 Å². The maximum absolute atomic E-state index is 13.5. The van der Waals surface area contributed by atoms with Crippen molar-refractivity contribution in [3.8, 4) is 0 Å². The van der Waals surface area contributed by atoms with Gasteiger partial charge < -0.3 is 0 Å². The molecule has 0 fully saturated rings. The molecular formula is C20H29F3. The number of halogens is 3. The summed E-state index contributed by atoms with van der Waals surface area (Å²) in [6.07, 6.45) is 1.23. The molecular weight excluding hydrogens is 297 g/mol. The second-order valence-corrected chi connectivity index (χ2v) is 6.34. The Balaban J connectivity index is 6.31. The summed E-state index contributed by atoms with van der Waals surface area (Å²) in [6.45, 7) is 16.6. The third-order valence-corrected chi connectivity index (χ3v) is 3.92. The molecule has 1 unspecified atom stereocenters. The summed E-state index contributed by atoms with van der Waals surface area (Å²) in [5, 5.41) is 0. The molecule has 0 aliphatic carbocycles. The van der Waals surface area contributed by atoms with Crippen LogP contribution in [0.2, 0.25) is 0 Å². The first kappa shape index (κ1) is 21.5. The van der Waals surface area contributed by atoms with Crippen LogP contribution in [0, 0.1) is 5.92 Å². The number of allylic oxidation sites excluding steroid dienone is 9. The van der Waals surface area contributed by atoms with Gasteiger partial charge >= 0.3 is 6.18 Å². The van der Waals surface area contributed by atoms with E-state index in [0.29, 0.717) is 11.1 Å². The lowest BCUT2D eigenvalue weighted by atomic mass is 9.92. The van der Waals surface area contributed by atoms with Gasteiger partial charge in [0.1, 0.15) is 0 Å². The average Bonchev–Trinajstić information content (AvgIpc) is 2.41. The quantitative estimate of drug-likeness (QED) is 0.448. The van der Waals surface area contributed by atoms with Crippen molar-refractivity contribution < 1.29 is 13.2 Å². The van der Waals surface area contributed by atoms with Crippen LogP contribution in [0.5, 0.6) is 0 Å². The van der Waals surface area contributed by atoms with Crippen molar-refractivity contribution in [2.45, 2.75) is 61.1 Å². The SMILES string of the molecule is C=C(C)C(=C\C=C(C)C)/C(C)=C(/C=C(/C)C(C)CC)C(F)(F)F. The molecule has 0 amide bonds. The molecule has 0 saturated heterocycles. The van der Waals surface area contributed by atoms with E-state index in [-0.39, 0.29) is 11.5 Å². The molecule has 0 aromatic rings. The van der Waals surface area contributed by atoms with E-state index in [1.165, 1.54) is 13.0 Å². The Bertz CT molecular complexity index is 548. The number of rotatable bonds is 6. The molecule has 3 heteroatoms. The minimum absolute atomic E-state index is 0.121. The predicted molar refractivity (Wildman–Crippen MR) is 94.3 cm³/mol. The van der Waals surface area contributed by atoms with E-state index in [9.17, 15) is 13.2 Å². The van der Waals surface area contributed by atoms with Crippen molar-refractivity contribution in [2.75, 3.05) is 0 Å². The first-order chi connectivity index (χ1) is 10.4. The van der Waals surface area contributed by atoms with E-state index in [1.54, 1.807) is 19.9 Å². The molecule has 0 aromatic carbocycles. The van der Waals surface area contributed by atoms with Gasteiger partial charge in [0.15, 0.2) is 0 Å². The van der Waals surface area contributed by atoms with Crippen molar-refractivity contribution in [1.29, 1.82) is 0 Å². The molecule has 130 valence electrons. The molecule has 1 atom stereocenters. The third kappa shape index (κ3) is 7.06. The third-order valence-electron chi connectivity index (χ3n) is 3.92. The van der Waals surface area contributed by atoms with Crippen LogP contribution < -0.4 is 0 Å². The van der Waals surface area contributed by atoms with Crippen LogP contribution in [0.1, 0.15) is 54.9 Å². The summed E-state index contributed by atoms with van der Waals surface area (Å²) in [5.74, 6) is 0.121. The Morgan fingerprint density at radius 2 is 1.57 bits per heavy atom. The Hall–Kier alpha value is -1.51. The van der Waals surface area contributed by atoms with E-state index >= 15 is 0 Å². The molecule has 23 heavy (non-hydrogen) atoms. The fraction of sp³-hybridized carbons (Fsp3) is 0.500. The highest BCUT2D eigenvalue weighted by atomic mass is 19.4. The number of alkyl halides is 3. The molecule has 0 saturated carbocycles. The van der Waals surface area contributed by atoms with E-state index in [2.05, 4.69) is 6.58 Å². The highest BCUT2D eigenvalue weighted by molar-refractivity contribution is 5.51. The zero-order chi connectivity index (χ0) is 18.4. The molecule has 0 nitrogen and oxygen atoms in total. The fourth-order valence-corrected chi connectivity index (χ4v) is 2.08. The Labute approximate surface area is 139 Å². The van der Waals surface area contributed by atoms with Crippen molar-refractivity contribution in [1.82, 2.24) is 0 Å². The van der Waals surface area contributed by atoms with Crippen molar-refractivity contribution in [3.63, 3.8) is 0 Å². The van der Waals surface area contributed by atoms with Crippen molar-refractivity contribution >= 4 is 0 Å². The van der Waals surface area contributed by atoms with Crippen LogP contribution in [-0.2, 0) is 0 Å². The second-order valence-electron chi connectivity index (χ2n) is 6.34. The topological polar surface area (TPSA) is 0 Å². The van der Waals surface area contributed by atoms with E-state index in [4.69, 9.17) is 0 Å². The summed E-state index contributed by atoms with van der Waals surface area (Å²) >= 11 is 0. The maximum atomic E-state index is 13.5. The van der Waals surface area contributed by atoms with Gasteiger partial charge in [0.2, 0.25) is 0 Å². The molecule has 0 aliphatic heterocycles. The summed E-state index contributed by atoms with van der Waals surface area (Å²) in [4.78, 5) is 0. The molecule has 0 radical (unpaired) electrons. The van der Waals surface area contributed by atoms with Crippen LogP contribution in [0.15, 0.2) is 58.2 Å². The largest absolute Gasteiger partial charge is 0.416 e. The smallest absolute Gasteiger partial charge is 0.166 e. The lowest BCUT2D eigenvalue weighted by Gasteiger charge is -2.18.